The number of thiophene rings is 1. The molecule has 0 bridgehead atoms. The maximum atomic E-state index is 4.93. The van der Waals surface area contributed by atoms with Gasteiger partial charge in [0.05, 0.1) is 17.2 Å². The third-order valence-electron chi connectivity index (χ3n) is 5.84. The quantitative estimate of drug-likeness (QED) is 0.233. The average molecular weight is 467 g/mol. The second-order valence-electron chi connectivity index (χ2n) is 7.96. The summed E-state index contributed by atoms with van der Waals surface area (Å²) in [5.41, 5.74) is 9.07. The number of hydrogen-bond acceptors (Lipinski definition) is 5. The summed E-state index contributed by atoms with van der Waals surface area (Å²) in [7, 11) is 0. The molecule has 7 heteroatoms. The molecule has 6 nitrogen and oxygen atoms in total. The number of likely N-dealkylation sites (N-methyl/N-ethyl adjacent to an activating group) is 1. The highest BCUT2D eigenvalue weighted by Crippen LogP contribution is 2.32. The smallest absolute Gasteiger partial charge is 0.159 e. The van der Waals surface area contributed by atoms with Crippen molar-refractivity contribution < 1.29 is 0 Å². The third-order valence-corrected chi connectivity index (χ3v) is 6.52. The van der Waals surface area contributed by atoms with E-state index in [4.69, 9.17) is 4.98 Å². The SMILES string of the molecule is C=C/C(=C\C(=C/C)c1ccc2[nH]nc(-c3nc4c(-c5ccsc5)cncc4[nH]3)c2c1)CNCC. The van der Waals surface area contributed by atoms with E-state index in [0.29, 0.717) is 0 Å². The molecule has 4 aromatic heterocycles. The Kier molecular flexibility index (Phi) is 6.20. The van der Waals surface area contributed by atoms with Gasteiger partial charge in [0.15, 0.2) is 5.82 Å². The summed E-state index contributed by atoms with van der Waals surface area (Å²) in [6.07, 6.45) is 9.88. The number of nitrogens with zero attached hydrogens (tertiary/aromatic N) is 3. The van der Waals surface area contributed by atoms with Crippen LogP contribution in [0, 0.1) is 0 Å². The molecule has 0 amide bonds. The molecule has 1 aromatic carbocycles. The molecule has 0 aliphatic rings. The Bertz CT molecular complexity index is 1520. The minimum atomic E-state index is 0.722. The second kappa shape index (κ2) is 9.59. The fraction of sp³-hybridized carbons (Fsp3) is 0.148. The molecular weight excluding hydrogens is 440 g/mol. The largest absolute Gasteiger partial charge is 0.335 e. The first-order valence-corrected chi connectivity index (χ1v) is 12.2. The molecule has 170 valence electrons. The van der Waals surface area contributed by atoms with Crippen molar-refractivity contribution in [2.75, 3.05) is 13.1 Å². The van der Waals surface area contributed by atoms with Crippen LogP contribution in [0.4, 0.5) is 0 Å². The van der Waals surface area contributed by atoms with E-state index >= 15 is 0 Å². The summed E-state index contributed by atoms with van der Waals surface area (Å²) in [4.78, 5) is 12.8. The molecule has 0 radical (unpaired) electrons. The van der Waals surface area contributed by atoms with Gasteiger partial charge in [0, 0.05) is 23.7 Å². The van der Waals surface area contributed by atoms with E-state index < -0.39 is 0 Å². The van der Waals surface area contributed by atoms with Crippen molar-refractivity contribution in [3.05, 3.63) is 83.4 Å². The molecule has 0 spiro atoms. The zero-order chi connectivity index (χ0) is 23.5. The van der Waals surface area contributed by atoms with Crippen LogP contribution in [0.15, 0.2) is 77.8 Å². The Morgan fingerprint density at radius 3 is 2.88 bits per heavy atom. The van der Waals surface area contributed by atoms with E-state index in [2.05, 4.69) is 93.1 Å². The summed E-state index contributed by atoms with van der Waals surface area (Å²) >= 11 is 1.66. The fourth-order valence-electron chi connectivity index (χ4n) is 4.03. The predicted octanol–water partition coefficient (Wildman–Crippen LogP) is 6.35. The first-order valence-electron chi connectivity index (χ1n) is 11.3. The van der Waals surface area contributed by atoms with Crippen LogP contribution in [0.3, 0.4) is 0 Å². The van der Waals surface area contributed by atoms with Crippen LogP contribution < -0.4 is 5.32 Å². The number of nitrogens with one attached hydrogen (secondary N) is 3. The van der Waals surface area contributed by atoms with Crippen LogP contribution in [0.5, 0.6) is 0 Å². The minimum Gasteiger partial charge on any atom is -0.335 e. The molecule has 0 aliphatic carbocycles. The summed E-state index contributed by atoms with van der Waals surface area (Å²) in [5.74, 6) is 0.722. The number of rotatable bonds is 8. The topological polar surface area (TPSA) is 82.3 Å². The van der Waals surface area contributed by atoms with Gasteiger partial charge in [-0.05, 0) is 64.7 Å². The molecule has 0 saturated heterocycles. The number of H-pyrrole nitrogens is 2. The second-order valence-corrected chi connectivity index (χ2v) is 8.74. The third kappa shape index (κ3) is 4.11. The zero-order valence-corrected chi connectivity index (χ0v) is 20.0. The number of fused-ring (bicyclic) bond motifs is 2. The molecule has 5 aromatic rings. The molecule has 0 unspecified atom stereocenters. The number of allylic oxidation sites excluding steroid dienone is 3. The highest BCUT2D eigenvalue weighted by atomic mass is 32.1. The lowest BCUT2D eigenvalue weighted by atomic mass is 10.0. The van der Waals surface area contributed by atoms with Crippen LogP contribution in [0.25, 0.3) is 50.2 Å². The maximum Gasteiger partial charge on any atom is 0.159 e. The van der Waals surface area contributed by atoms with Gasteiger partial charge in [-0.1, -0.05) is 37.8 Å². The van der Waals surface area contributed by atoms with Gasteiger partial charge in [-0.25, -0.2) is 4.98 Å². The van der Waals surface area contributed by atoms with Crippen molar-refractivity contribution in [3.63, 3.8) is 0 Å². The van der Waals surface area contributed by atoms with Crippen molar-refractivity contribution in [2.24, 2.45) is 0 Å². The number of aromatic amines is 2. The average Bonchev–Trinajstić information content (AvgIpc) is 3.63. The van der Waals surface area contributed by atoms with Crippen molar-refractivity contribution in [2.45, 2.75) is 13.8 Å². The molecule has 5 rings (SSSR count). The summed E-state index contributed by atoms with van der Waals surface area (Å²) in [6.45, 7) is 9.83. The molecule has 0 saturated carbocycles. The van der Waals surface area contributed by atoms with E-state index in [-0.39, 0.29) is 0 Å². The molecule has 34 heavy (non-hydrogen) atoms. The number of aromatic nitrogens is 5. The van der Waals surface area contributed by atoms with Gasteiger partial charge in [0.1, 0.15) is 11.2 Å². The van der Waals surface area contributed by atoms with Gasteiger partial charge in [-0.15, -0.1) is 0 Å². The van der Waals surface area contributed by atoms with Gasteiger partial charge < -0.3 is 10.3 Å². The molecule has 0 fully saturated rings. The van der Waals surface area contributed by atoms with E-state index in [1.54, 1.807) is 11.3 Å². The minimum absolute atomic E-state index is 0.722. The van der Waals surface area contributed by atoms with E-state index in [0.717, 1.165) is 74.4 Å². The van der Waals surface area contributed by atoms with Crippen LogP contribution in [-0.4, -0.2) is 38.2 Å². The lowest BCUT2D eigenvalue weighted by molar-refractivity contribution is 0.785. The lowest BCUT2D eigenvalue weighted by Crippen LogP contribution is -2.15. The van der Waals surface area contributed by atoms with Gasteiger partial charge in [-0.3, -0.25) is 10.1 Å². The number of hydrogen-bond donors (Lipinski definition) is 3. The Morgan fingerprint density at radius 1 is 1.21 bits per heavy atom. The summed E-state index contributed by atoms with van der Waals surface area (Å²) in [6, 6.07) is 8.43. The molecule has 0 atom stereocenters. The summed E-state index contributed by atoms with van der Waals surface area (Å²) < 4.78 is 0. The van der Waals surface area contributed by atoms with Gasteiger partial charge in [0.25, 0.3) is 0 Å². The molecule has 3 N–H and O–H groups in total. The van der Waals surface area contributed by atoms with E-state index in [1.165, 1.54) is 0 Å². The van der Waals surface area contributed by atoms with E-state index in [1.807, 2.05) is 18.5 Å². The van der Waals surface area contributed by atoms with Crippen LogP contribution >= 0.6 is 11.3 Å². The van der Waals surface area contributed by atoms with Gasteiger partial charge >= 0.3 is 0 Å². The van der Waals surface area contributed by atoms with Gasteiger partial charge in [-0.2, -0.15) is 16.4 Å². The number of pyridine rings is 1. The van der Waals surface area contributed by atoms with Crippen molar-refractivity contribution in [3.8, 4) is 22.6 Å². The molecule has 0 aliphatic heterocycles. The Hall–Kier alpha value is -3.81. The zero-order valence-electron chi connectivity index (χ0n) is 19.2. The van der Waals surface area contributed by atoms with Crippen LogP contribution in [0.1, 0.15) is 19.4 Å². The first kappa shape index (κ1) is 22.0. The maximum absolute atomic E-state index is 4.93. The normalized spacial score (nSPS) is 12.6. The van der Waals surface area contributed by atoms with Gasteiger partial charge in [0.2, 0.25) is 0 Å². The Morgan fingerprint density at radius 2 is 2.12 bits per heavy atom. The first-order chi connectivity index (χ1) is 16.7. The summed E-state index contributed by atoms with van der Waals surface area (Å²) in [5, 5.41) is 16.3. The van der Waals surface area contributed by atoms with Crippen molar-refractivity contribution in [1.29, 1.82) is 0 Å². The lowest BCUT2D eigenvalue weighted by Gasteiger charge is -2.07. The highest BCUT2D eigenvalue weighted by Gasteiger charge is 2.16. The van der Waals surface area contributed by atoms with Crippen molar-refractivity contribution in [1.82, 2.24) is 30.5 Å². The predicted molar refractivity (Wildman–Crippen MR) is 143 cm³/mol. The number of benzene rings is 1. The monoisotopic (exact) mass is 466 g/mol. The Labute approximate surface area is 202 Å². The Balaban J connectivity index is 1.58. The highest BCUT2D eigenvalue weighted by molar-refractivity contribution is 7.08. The van der Waals surface area contributed by atoms with Crippen LogP contribution in [-0.2, 0) is 0 Å². The number of imidazole rings is 1. The molecule has 4 heterocycles. The standard InChI is InChI=1S/C27H26N6S/c1-4-17(13-28-6-3)11-18(5-2)19-7-8-23-21(12-19)26(33-32-23)27-30-24-15-29-14-22(25(24)31-27)20-9-10-34-16-20/h4-5,7-12,14-16,28H,1,6,13H2,2-3H3,(H,30,31)(H,32,33)/b17-11+,18-5+. The van der Waals surface area contributed by atoms with Crippen LogP contribution in [0.2, 0.25) is 0 Å². The van der Waals surface area contributed by atoms with Crippen molar-refractivity contribution >= 4 is 38.8 Å². The fourth-order valence-corrected chi connectivity index (χ4v) is 4.69. The molecular formula is C27H26N6S. The van der Waals surface area contributed by atoms with E-state index in [9.17, 15) is 0 Å².